The second kappa shape index (κ2) is 7.29. The largest absolute Gasteiger partial charge is 0.444 e. The quantitative estimate of drug-likeness (QED) is 0.895. The maximum Gasteiger partial charge on any atom is 0.408 e. The highest BCUT2D eigenvalue weighted by atomic mass is 16.6. The Kier molecular flexibility index (Phi) is 5.97. The Labute approximate surface area is 132 Å². The summed E-state index contributed by atoms with van der Waals surface area (Å²) in [6.45, 7) is 11.1. The summed E-state index contributed by atoms with van der Waals surface area (Å²) in [6, 6.07) is 6.84. The Morgan fingerprint density at radius 1 is 1.09 bits per heavy atom. The van der Waals surface area contributed by atoms with E-state index in [9.17, 15) is 9.59 Å². The molecular weight excluding hydrogens is 280 g/mol. The zero-order valence-electron chi connectivity index (χ0n) is 14.2. The van der Waals surface area contributed by atoms with Gasteiger partial charge >= 0.3 is 6.09 Å². The third-order valence-corrected chi connectivity index (χ3v) is 2.94. The summed E-state index contributed by atoms with van der Waals surface area (Å²) in [5, 5.41) is 5.44. The predicted molar refractivity (Wildman–Crippen MR) is 87.8 cm³/mol. The Bertz CT molecular complexity index is 516. The first-order chi connectivity index (χ1) is 10.1. The number of anilines is 1. The highest BCUT2D eigenvalue weighted by Gasteiger charge is 2.26. The van der Waals surface area contributed by atoms with Gasteiger partial charge in [0.25, 0.3) is 0 Å². The van der Waals surface area contributed by atoms with E-state index in [1.54, 1.807) is 20.8 Å². The molecule has 0 heterocycles. The van der Waals surface area contributed by atoms with Crippen molar-refractivity contribution in [3.63, 3.8) is 0 Å². The van der Waals surface area contributed by atoms with Crippen molar-refractivity contribution in [2.24, 2.45) is 5.92 Å². The highest BCUT2D eigenvalue weighted by molar-refractivity contribution is 5.96. The van der Waals surface area contributed by atoms with Gasteiger partial charge in [-0.3, -0.25) is 4.79 Å². The van der Waals surface area contributed by atoms with Crippen molar-refractivity contribution in [1.29, 1.82) is 0 Å². The average molecular weight is 306 g/mol. The molecule has 0 radical (unpaired) electrons. The van der Waals surface area contributed by atoms with Gasteiger partial charge in [0.05, 0.1) is 0 Å². The third kappa shape index (κ3) is 6.16. The van der Waals surface area contributed by atoms with Crippen molar-refractivity contribution in [2.45, 2.75) is 53.2 Å². The number of nitrogens with one attached hydrogen (secondary N) is 2. The molecule has 0 spiro atoms. The van der Waals surface area contributed by atoms with Crippen LogP contribution in [0.5, 0.6) is 0 Å². The van der Waals surface area contributed by atoms with E-state index >= 15 is 0 Å². The van der Waals surface area contributed by atoms with Crippen LogP contribution in [0.2, 0.25) is 0 Å². The molecule has 1 rings (SSSR count). The summed E-state index contributed by atoms with van der Waals surface area (Å²) in [7, 11) is 0. The van der Waals surface area contributed by atoms with Gasteiger partial charge in [0.2, 0.25) is 5.91 Å². The number of hydrogen-bond donors (Lipinski definition) is 2. The first-order valence-electron chi connectivity index (χ1n) is 7.45. The van der Waals surface area contributed by atoms with Crippen molar-refractivity contribution in [3.05, 3.63) is 29.8 Å². The van der Waals surface area contributed by atoms with E-state index < -0.39 is 17.7 Å². The summed E-state index contributed by atoms with van der Waals surface area (Å²) in [6.07, 6.45) is -0.592. The molecule has 0 aromatic heterocycles. The SMILES string of the molecule is Cc1ccc(NC(=O)C(NC(=O)OC(C)(C)C)C(C)C)cc1. The number of amides is 2. The van der Waals surface area contributed by atoms with Crippen LogP contribution in [-0.4, -0.2) is 23.6 Å². The normalized spacial score (nSPS) is 12.7. The van der Waals surface area contributed by atoms with E-state index in [-0.39, 0.29) is 11.8 Å². The molecule has 5 nitrogen and oxygen atoms in total. The maximum absolute atomic E-state index is 12.4. The predicted octanol–water partition coefficient (Wildman–Crippen LogP) is 3.48. The average Bonchev–Trinajstić information content (AvgIpc) is 2.36. The van der Waals surface area contributed by atoms with Gasteiger partial charge < -0.3 is 15.4 Å². The van der Waals surface area contributed by atoms with Gasteiger partial charge in [0.15, 0.2) is 0 Å². The fourth-order valence-corrected chi connectivity index (χ4v) is 1.83. The zero-order chi connectivity index (χ0) is 16.9. The molecule has 1 atom stereocenters. The van der Waals surface area contributed by atoms with Gasteiger partial charge in [0.1, 0.15) is 11.6 Å². The summed E-state index contributed by atoms with van der Waals surface area (Å²) in [5.74, 6) is -0.317. The van der Waals surface area contributed by atoms with Gasteiger partial charge in [-0.15, -0.1) is 0 Å². The summed E-state index contributed by atoms with van der Waals surface area (Å²) in [5.41, 5.74) is 1.22. The molecule has 0 saturated carbocycles. The number of rotatable bonds is 4. The molecule has 1 unspecified atom stereocenters. The lowest BCUT2D eigenvalue weighted by molar-refractivity contribution is -0.119. The Hall–Kier alpha value is -2.04. The molecule has 0 fully saturated rings. The fourth-order valence-electron chi connectivity index (χ4n) is 1.83. The molecule has 1 aromatic rings. The van der Waals surface area contributed by atoms with E-state index in [4.69, 9.17) is 4.74 Å². The molecule has 0 saturated heterocycles. The Morgan fingerprint density at radius 3 is 2.09 bits per heavy atom. The van der Waals surface area contributed by atoms with Gasteiger partial charge in [-0.05, 0) is 45.7 Å². The molecule has 1 aromatic carbocycles. The molecule has 0 bridgehead atoms. The van der Waals surface area contributed by atoms with Crippen molar-refractivity contribution >= 4 is 17.7 Å². The number of benzene rings is 1. The van der Waals surface area contributed by atoms with E-state index in [1.165, 1.54) is 0 Å². The van der Waals surface area contributed by atoms with Gasteiger partial charge in [-0.2, -0.15) is 0 Å². The first-order valence-corrected chi connectivity index (χ1v) is 7.45. The van der Waals surface area contributed by atoms with Crippen LogP contribution in [0, 0.1) is 12.8 Å². The molecule has 2 amide bonds. The van der Waals surface area contributed by atoms with Crippen LogP contribution >= 0.6 is 0 Å². The van der Waals surface area contributed by atoms with Gasteiger partial charge in [-0.1, -0.05) is 31.5 Å². The molecule has 0 aliphatic rings. The minimum Gasteiger partial charge on any atom is -0.444 e. The molecule has 0 aliphatic heterocycles. The van der Waals surface area contributed by atoms with Crippen LogP contribution in [0.25, 0.3) is 0 Å². The second-order valence-corrected chi connectivity index (χ2v) is 6.72. The molecule has 22 heavy (non-hydrogen) atoms. The van der Waals surface area contributed by atoms with Crippen LogP contribution in [0.3, 0.4) is 0 Å². The minimum atomic E-state index is -0.656. The van der Waals surface area contributed by atoms with Gasteiger partial charge in [-0.25, -0.2) is 4.79 Å². The number of ether oxygens (including phenoxy) is 1. The molecule has 5 heteroatoms. The molecule has 122 valence electrons. The number of carbonyl (C=O) groups excluding carboxylic acids is 2. The highest BCUT2D eigenvalue weighted by Crippen LogP contribution is 2.12. The van der Waals surface area contributed by atoms with E-state index in [0.29, 0.717) is 5.69 Å². The summed E-state index contributed by atoms with van der Waals surface area (Å²) < 4.78 is 5.20. The van der Waals surface area contributed by atoms with Crippen molar-refractivity contribution < 1.29 is 14.3 Å². The van der Waals surface area contributed by atoms with E-state index in [0.717, 1.165) is 5.56 Å². The zero-order valence-corrected chi connectivity index (χ0v) is 14.2. The van der Waals surface area contributed by atoms with E-state index in [1.807, 2.05) is 45.0 Å². The van der Waals surface area contributed by atoms with Crippen LogP contribution in [0.4, 0.5) is 10.5 Å². The topological polar surface area (TPSA) is 67.4 Å². The molecular formula is C17H26N2O3. The molecule has 2 N–H and O–H groups in total. The third-order valence-electron chi connectivity index (χ3n) is 2.94. The van der Waals surface area contributed by atoms with Crippen molar-refractivity contribution in [3.8, 4) is 0 Å². The Morgan fingerprint density at radius 2 is 1.64 bits per heavy atom. The number of aryl methyl sites for hydroxylation is 1. The smallest absolute Gasteiger partial charge is 0.408 e. The lowest BCUT2D eigenvalue weighted by Crippen LogP contribution is -2.48. The van der Waals surface area contributed by atoms with Crippen LogP contribution in [0.15, 0.2) is 24.3 Å². The first kappa shape index (κ1) is 18.0. The summed E-state index contributed by atoms with van der Waals surface area (Å²) in [4.78, 5) is 24.2. The van der Waals surface area contributed by atoms with Crippen LogP contribution < -0.4 is 10.6 Å². The number of alkyl carbamates (subject to hydrolysis) is 1. The second-order valence-electron chi connectivity index (χ2n) is 6.72. The van der Waals surface area contributed by atoms with E-state index in [2.05, 4.69) is 10.6 Å². The monoisotopic (exact) mass is 306 g/mol. The van der Waals surface area contributed by atoms with Crippen LogP contribution in [0.1, 0.15) is 40.2 Å². The summed E-state index contributed by atoms with van der Waals surface area (Å²) >= 11 is 0. The minimum absolute atomic E-state index is 0.0574. The fraction of sp³-hybridized carbons (Fsp3) is 0.529. The van der Waals surface area contributed by atoms with Gasteiger partial charge in [0, 0.05) is 5.69 Å². The standard InChI is InChI=1S/C17H26N2O3/c1-11(2)14(19-16(21)22-17(4,5)6)15(20)18-13-9-7-12(3)8-10-13/h7-11,14H,1-6H3,(H,18,20)(H,19,21). The number of hydrogen-bond acceptors (Lipinski definition) is 3. The van der Waals surface area contributed by atoms with Crippen molar-refractivity contribution in [1.82, 2.24) is 5.32 Å². The van der Waals surface area contributed by atoms with Crippen LogP contribution in [-0.2, 0) is 9.53 Å². The molecule has 0 aliphatic carbocycles. The lowest BCUT2D eigenvalue weighted by atomic mass is 10.0. The maximum atomic E-state index is 12.4. The Balaban J connectivity index is 2.71. The lowest BCUT2D eigenvalue weighted by Gasteiger charge is -2.25. The van der Waals surface area contributed by atoms with Crippen molar-refractivity contribution in [2.75, 3.05) is 5.32 Å². The number of carbonyl (C=O) groups is 2.